The van der Waals surface area contributed by atoms with E-state index in [1.807, 2.05) is 42.5 Å². The lowest BCUT2D eigenvalue weighted by Crippen LogP contribution is -2.00. The maximum atomic E-state index is 8.23. The van der Waals surface area contributed by atoms with Gasteiger partial charge < -0.3 is 15.6 Å². The number of nitrogens with zero attached hydrogens (tertiary/aromatic N) is 12. The van der Waals surface area contributed by atoms with Gasteiger partial charge in [-0.2, -0.15) is 5.26 Å². The van der Waals surface area contributed by atoms with E-state index in [-0.39, 0.29) is 24.8 Å². The third kappa shape index (κ3) is 21.0. The second-order valence-corrected chi connectivity index (χ2v) is 8.62. The van der Waals surface area contributed by atoms with Gasteiger partial charge in [0.25, 0.3) is 0 Å². The number of rotatable bonds is 2. The smallest absolute Gasteiger partial charge is 0.221 e. The SMILES string of the molecule is C1CCOC1.CC(=N)N.CCO.Cc1nnc(-c2ccccn2)nn1.Cc1nnc(-c2ccccn2)nn1.Cl.N#Cc1ccccn1. The fourth-order valence-electron chi connectivity index (χ4n) is 2.69. The standard InChI is InChI=1S/2C8H7N5.C6H4N2.C4H8O.C2H6N2.C2H6O.ClH/c2*1-6-10-12-8(13-11-6)7-4-2-3-5-9-7;7-5-6-3-1-2-4-8-6;1-2-4-5-3-1;1-2(3)4;1-2-3;/h2*2-5H,1H3;1-4H;1-4H2;1H3,(H3,3,4);3H,2H2,1H3;1H. The maximum absolute atomic E-state index is 8.23. The van der Waals surface area contributed by atoms with Gasteiger partial charge in [0.2, 0.25) is 11.6 Å². The monoisotopic (exact) mass is 662 g/mol. The summed E-state index contributed by atoms with van der Waals surface area (Å²) >= 11 is 0. The van der Waals surface area contributed by atoms with Gasteiger partial charge in [0.15, 0.2) is 11.6 Å². The molecule has 0 radical (unpaired) electrons. The molecule has 5 aromatic heterocycles. The molecule has 0 aliphatic carbocycles. The molecule has 16 nitrogen and oxygen atoms in total. The topological polar surface area (TPSA) is 245 Å². The van der Waals surface area contributed by atoms with Crippen LogP contribution in [0.3, 0.4) is 0 Å². The largest absolute Gasteiger partial charge is 0.397 e. The Morgan fingerprint density at radius 1 is 0.766 bits per heavy atom. The highest BCUT2D eigenvalue weighted by Gasteiger charge is 2.02. The Morgan fingerprint density at radius 2 is 1.13 bits per heavy atom. The van der Waals surface area contributed by atoms with Crippen molar-refractivity contribution in [3.05, 3.63) is 90.5 Å². The van der Waals surface area contributed by atoms with Gasteiger partial charge in [-0.05, 0) is 76.9 Å². The summed E-state index contributed by atoms with van der Waals surface area (Å²) < 4.78 is 4.94. The van der Waals surface area contributed by atoms with Gasteiger partial charge in [-0.25, -0.2) is 4.98 Å². The Morgan fingerprint density at radius 3 is 1.36 bits per heavy atom. The molecule has 1 aliphatic heterocycles. The first-order valence-corrected chi connectivity index (χ1v) is 14.0. The molecule has 1 fully saturated rings. The molecule has 6 rings (SSSR count). The minimum atomic E-state index is 0. The van der Waals surface area contributed by atoms with E-state index < -0.39 is 0 Å². The lowest BCUT2D eigenvalue weighted by molar-refractivity contribution is 0.198. The van der Waals surface area contributed by atoms with Gasteiger partial charge in [-0.1, -0.05) is 18.2 Å². The normalized spacial score (nSPS) is 10.3. The number of halogens is 1. The number of aliphatic hydroxyl groups excluding tert-OH is 1. The number of aromatic nitrogens is 11. The summed E-state index contributed by atoms with van der Waals surface area (Å²) in [7, 11) is 0. The van der Waals surface area contributed by atoms with Crippen LogP contribution in [0.1, 0.15) is 44.0 Å². The van der Waals surface area contributed by atoms with E-state index in [4.69, 9.17) is 26.2 Å². The Balaban J connectivity index is 0.000000581. The zero-order valence-corrected chi connectivity index (χ0v) is 27.5. The number of hydrogen-bond acceptors (Lipinski definition) is 15. The van der Waals surface area contributed by atoms with Crippen LogP contribution in [0, 0.1) is 30.6 Å². The van der Waals surface area contributed by atoms with E-state index in [0.29, 0.717) is 40.4 Å². The maximum Gasteiger partial charge on any atom is 0.221 e. The summed E-state index contributed by atoms with van der Waals surface area (Å²) in [6, 6.07) is 18.2. The molecule has 0 unspecified atom stereocenters. The number of nitriles is 1. The molecule has 1 saturated heterocycles. The molecule has 1 aliphatic rings. The van der Waals surface area contributed by atoms with Crippen LogP contribution in [0.25, 0.3) is 23.0 Å². The van der Waals surface area contributed by atoms with Gasteiger partial charge >= 0.3 is 0 Å². The highest BCUT2D eigenvalue weighted by Crippen LogP contribution is 2.07. The average molecular weight is 663 g/mol. The molecule has 0 atom stereocenters. The molecule has 0 saturated carbocycles. The van der Waals surface area contributed by atoms with Crippen molar-refractivity contribution in [3.63, 3.8) is 0 Å². The molecule has 248 valence electrons. The first-order valence-electron chi connectivity index (χ1n) is 14.0. The third-order valence-corrected chi connectivity index (χ3v) is 4.55. The van der Waals surface area contributed by atoms with Gasteiger partial charge in [0.1, 0.15) is 23.2 Å². The molecule has 4 N–H and O–H groups in total. The van der Waals surface area contributed by atoms with E-state index >= 15 is 0 Å². The van der Waals surface area contributed by atoms with E-state index in [1.165, 1.54) is 19.8 Å². The molecule has 5 aromatic rings. The minimum absolute atomic E-state index is 0. The first kappa shape index (κ1) is 41.5. The van der Waals surface area contributed by atoms with Crippen LogP contribution in [0.15, 0.2) is 73.2 Å². The molecule has 17 heteroatoms. The lowest BCUT2D eigenvalue weighted by atomic mass is 10.3. The second-order valence-electron chi connectivity index (χ2n) is 8.62. The Kier molecular flexibility index (Phi) is 23.7. The Labute approximate surface area is 279 Å². The van der Waals surface area contributed by atoms with Crippen molar-refractivity contribution in [2.75, 3.05) is 19.8 Å². The number of aliphatic hydroxyl groups is 1. The summed E-state index contributed by atoms with van der Waals surface area (Å²) in [5.41, 5.74) is 6.53. The van der Waals surface area contributed by atoms with E-state index in [9.17, 15) is 0 Å². The van der Waals surface area contributed by atoms with Gasteiger partial charge in [0.05, 0.1) is 5.84 Å². The molecular weight excluding hydrogens is 624 g/mol. The van der Waals surface area contributed by atoms with Gasteiger partial charge in [0, 0.05) is 38.4 Å². The zero-order valence-electron chi connectivity index (χ0n) is 26.7. The zero-order chi connectivity index (χ0) is 33.8. The second kappa shape index (κ2) is 26.9. The van der Waals surface area contributed by atoms with Crippen LogP contribution < -0.4 is 5.73 Å². The fourth-order valence-corrected chi connectivity index (χ4v) is 2.69. The number of hydrogen-bond donors (Lipinski definition) is 3. The van der Waals surface area contributed by atoms with E-state index in [1.54, 1.807) is 57.6 Å². The molecular formula is C30H39ClN14O2. The van der Waals surface area contributed by atoms with Gasteiger partial charge in [-0.3, -0.25) is 15.4 Å². The number of nitrogens with two attached hydrogens (primary N) is 1. The van der Waals surface area contributed by atoms with Crippen molar-refractivity contribution in [1.82, 2.24) is 55.7 Å². The predicted octanol–water partition coefficient (Wildman–Crippen LogP) is 3.39. The van der Waals surface area contributed by atoms with E-state index in [2.05, 4.69) is 55.7 Å². The summed E-state index contributed by atoms with van der Waals surface area (Å²) in [6.07, 6.45) is 7.51. The number of nitrogens with one attached hydrogen (secondary N) is 1. The van der Waals surface area contributed by atoms with Crippen LogP contribution in [-0.4, -0.2) is 86.5 Å². The fraction of sp³-hybridized carbons (Fsp3) is 0.300. The number of pyridine rings is 3. The van der Waals surface area contributed by atoms with Crippen LogP contribution >= 0.6 is 12.4 Å². The average Bonchev–Trinajstić information content (AvgIpc) is 3.68. The summed E-state index contributed by atoms with van der Waals surface area (Å²) in [6.45, 7) is 8.93. The number of aryl methyl sites for hydroxylation is 2. The highest BCUT2D eigenvalue weighted by atomic mass is 35.5. The molecule has 6 heterocycles. The molecule has 0 bridgehead atoms. The van der Waals surface area contributed by atoms with Crippen molar-refractivity contribution < 1.29 is 9.84 Å². The first-order chi connectivity index (χ1) is 22.3. The lowest BCUT2D eigenvalue weighted by Gasteiger charge is -1.95. The van der Waals surface area contributed by atoms with Crippen molar-refractivity contribution in [2.24, 2.45) is 5.73 Å². The molecule has 0 spiro atoms. The minimum Gasteiger partial charge on any atom is -0.397 e. The molecule has 0 aromatic carbocycles. The highest BCUT2D eigenvalue weighted by molar-refractivity contribution is 5.85. The van der Waals surface area contributed by atoms with Crippen molar-refractivity contribution in [2.45, 2.75) is 40.5 Å². The summed E-state index contributed by atoms with van der Waals surface area (Å²) in [4.78, 5) is 11.9. The predicted molar refractivity (Wildman–Crippen MR) is 178 cm³/mol. The number of amidine groups is 1. The van der Waals surface area contributed by atoms with Crippen molar-refractivity contribution in [1.29, 1.82) is 10.7 Å². The van der Waals surface area contributed by atoms with Crippen LogP contribution in [-0.2, 0) is 4.74 Å². The van der Waals surface area contributed by atoms with Gasteiger partial charge in [-0.15, -0.1) is 53.2 Å². The molecule has 47 heavy (non-hydrogen) atoms. The van der Waals surface area contributed by atoms with Crippen molar-refractivity contribution >= 4 is 18.2 Å². The summed E-state index contributed by atoms with van der Waals surface area (Å²) in [5.74, 6) is 2.18. The van der Waals surface area contributed by atoms with Crippen LogP contribution in [0.2, 0.25) is 0 Å². The van der Waals surface area contributed by atoms with Crippen LogP contribution in [0.4, 0.5) is 0 Å². The Hall–Kier alpha value is -5.50. The van der Waals surface area contributed by atoms with Crippen LogP contribution in [0.5, 0.6) is 0 Å². The quantitative estimate of drug-likeness (QED) is 0.181. The number of ether oxygens (including phenoxy) is 1. The Bertz CT molecular complexity index is 1420. The summed E-state index contributed by atoms with van der Waals surface area (Å²) in [5, 5.41) is 52.7. The van der Waals surface area contributed by atoms with E-state index in [0.717, 1.165) is 13.2 Å². The van der Waals surface area contributed by atoms with Crippen molar-refractivity contribution in [3.8, 4) is 29.1 Å². The molecule has 0 amide bonds. The third-order valence-electron chi connectivity index (χ3n) is 4.55.